The topological polar surface area (TPSA) is 40.6 Å². The zero-order valence-corrected chi connectivity index (χ0v) is 14.4. The van der Waals surface area contributed by atoms with E-state index in [0.29, 0.717) is 13.1 Å². The van der Waals surface area contributed by atoms with Crippen LogP contribution < -0.4 is 0 Å². The summed E-state index contributed by atoms with van der Waals surface area (Å²) in [6, 6.07) is 11.7. The zero-order valence-electron chi connectivity index (χ0n) is 14.4. The summed E-state index contributed by atoms with van der Waals surface area (Å²) in [6.45, 7) is 0.893. The highest BCUT2D eigenvalue weighted by Crippen LogP contribution is 2.34. The number of carbonyl (C=O) groups is 2. The molecule has 4 nitrogen and oxygen atoms in total. The van der Waals surface area contributed by atoms with E-state index in [0.717, 1.165) is 41.8 Å². The van der Waals surface area contributed by atoms with E-state index in [1.807, 2.05) is 24.3 Å². The highest BCUT2D eigenvalue weighted by Gasteiger charge is 2.38. The first kappa shape index (κ1) is 17.6. The van der Waals surface area contributed by atoms with Crippen LogP contribution in [0.2, 0.25) is 0 Å². The molecule has 0 aliphatic carbocycles. The van der Waals surface area contributed by atoms with Crippen molar-refractivity contribution in [3.8, 4) is 0 Å². The Morgan fingerprint density at radius 1 is 1.04 bits per heavy atom. The molecule has 4 rings (SSSR count). The third kappa shape index (κ3) is 3.18. The normalized spacial score (nSPS) is 19.5. The highest BCUT2D eigenvalue weighted by molar-refractivity contribution is 5.97. The lowest BCUT2D eigenvalue weighted by molar-refractivity contribution is -0.139. The van der Waals surface area contributed by atoms with E-state index >= 15 is 0 Å². The van der Waals surface area contributed by atoms with Crippen molar-refractivity contribution in [3.05, 3.63) is 70.8 Å². The minimum Gasteiger partial charge on any atom is -0.332 e. The molecule has 2 aliphatic rings. The van der Waals surface area contributed by atoms with Crippen LogP contribution in [0.15, 0.2) is 48.5 Å². The molecular formula is C20H17F3N2O2. The number of hydrogen-bond acceptors (Lipinski definition) is 2. The van der Waals surface area contributed by atoms with E-state index < -0.39 is 17.6 Å². The van der Waals surface area contributed by atoms with Crippen LogP contribution in [0.25, 0.3) is 0 Å². The first-order valence-electron chi connectivity index (χ1n) is 8.68. The molecular weight excluding hydrogens is 357 g/mol. The summed E-state index contributed by atoms with van der Waals surface area (Å²) in [6.07, 6.45) is -3.67. The molecule has 0 N–H and O–H groups in total. The maximum Gasteiger partial charge on any atom is 0.416 e. The van der Waals surface area contributed by atoms with Gasteiger partial charge in [-0.2, -0.15) is 13.2 Å². The van der Waals surface area contributed by atoms with Crippen LogP contribution in [-0.4, -0.2) is 41.2 Å². The fraction of sp³-hybridized carbons (Fsp3) is 0.300. The Morgan fingerprint density at radius 3 is 2.44 bits per heavy atom. The summed E-state index contributed by atoms with van der Waals surface area (Å²) in [5.74, 6) is -0.569. The monoisotopic (exact) mass is 374 g/mol. The Morgan fingerprint density at radius 2 is 1.74 bits per heavy atom. The number of piperazine rings is 1. The van der Waals surface area contributed by atoms with E-state index in [1.165, 1.54) is 4.90 Å². The van der Waals surface area contributed by atoms with Gasteiger partial charge < -0.3 is 9.80 Å². The van der Waals surface area contributed by atoms with Gasteiger partial charge in [-0.3, -0.25) is 9.59 Å². The number of hydrogen-bond donors (Lipinski definition) is 0. The van der Waals surface area contributed by atoms with E-state index in [2.05, 4.69) is 0 Å². The smallest absolute Gasteiger partial charge is 0.332 e. The number of rotatable bonds is 1. The third-order valence-electron chi connectivity index (χ3n) is 5.20. The largest absolute Gasteiger partial charge is 0.416 e. The van der Waals surface area contributed by atoms with Crippen LogP contribution in [0.5, 0.6) is 0 Å². The second-order valence-corrected chi connectivity index (χ2v) is 6.81. The molecule has 0 bridgehead atoms. The molecule has 1 saturated heterocycles. The predicted octanol–water partition coefficient (Wildman–Crippen LogP) is 3.29. The molecule has 7 heteroatoms. The summed E-state index contributed by atoms with van der Waals surface area (Å²) in [7, 11) is 0. The maximum absolute atomic E-state index is 12.8. The van der Waals surface area contributed by atoms with E-state index in [1.54, 1.807) is 4.90 Å². The van der Waals surface area contributed by atoms with Crippen molar-refractivity contribution in [2.24, 2.45) is 0 Å². The molecule has 27 heavy (non-hydrogen) atoms. The van der Waals surface area contributed by atoms with Crippen molar-refractivity contribution < 1.29 is 22.8 Å². The molecule has 140 valence electrons. The average molecular weight is 374 g/mol. The molecule has 2 aromatic carbocycles. The Labute approximate surface area is 154 Å². The van der Waals surface area contributed by atoms with Crippen molar-refractivity contribution in [1.82, 2.24) is 9.80 Å². The lowest BCUT2D eigenvalue weighted by Crippen LogP contribution is -2.55. The van der Waals surface area contributed by atoms with Gasteiger partial charge in [-0.15, -0.1) is 0 Å². The fourth-order valence-electron chi connectivity index (χ4n) is 3.81. The highest BCUT2D eigenvalue weighted by atomic mass is 19.4. The van der Waals surface area contributed by atoms with Crippen molar-refractivity contribution in [2.45, 2.75) is 18.6 Å². The molecule has 2 amide bonds. The van der Waals surface area contributed by atoms with Crippen molar-refractivity contribution in [1.29, 1.82) is 0 Å². The Kier molecular flexibility index (Phi) is 4.17. The molecule has 0 saturated carbocycles. The standard InChI is InChI=1S/C20H17F3N2O2/c21-20(22,23)15-7-5-14(6-8-15)19(27)24-11-17-16-4-2-1-3-13(16)9-10-25(17)18(26)12-24/h1-8,17H,9-12H2. The van der Waals surface area contributed by atoms with Gasteiger partial charge in [0.15, 0.2) is 0 Å². The molecule has 1 atom stereocenters. The quantitative estimate of drug-likeness (QED) is 0.769. The number of benzene rings is 2. The SMILES string of the molecule is O=C(c1ccc(C(F)(F)F)cc1)N1CC(=O)N2CCc3ccccc3C2C1. The van der Waals surface area contributed by atoms with Crippen LogP contribution in [0.4, 0.5) is 13.2 Å². The molecule has 2 heterocycles. The first-order chi connectivity index (χ1) is 12.8. The van der Waals surface area contributed by atoms with E-state index in [9.17, 15) is 22.8 Å². The van der Waals surface area contributed by atoms with Crippen LogP contribution in [0.3, 0.4) is 0 Å². The van der Waals surface area contributed by atoms with Crippen LogP contribution in [0.1, 0.15) is 33.1 Å². The summed E-state index contributed by atoms with van der Waals surface area (Å²) < 4.78 is 38.1. The van der Waals surface area contributed by atoms with Gasteiger partial charge in [0, 0.05) is 18.7 Å². The van der Waals surface area contributed by atoms with Crippen LogP contribution in [-0.2, 0) is 17.4 Å². The summed E-state index contributed by atoms with van der Waals surface area (Å²) in [5, 5.41) is 0. The number of fused-ring (bicyclic) bond motifs is 3. The van der Waals surface area contributed by atoms with E-state index in [-0.39, 0.29) is 24.1 Å². The lowest BCUT2D eigenvalue weighted by atomic mass is 9.90. The molecule has 0 aromatic heterocycles. The van der Waals surface area contributed by atoms with Crippen molar-refractivity contribution >= 4 is 11.8 Å². The van der Waals surface area contributed by atoms with Crippen LogP contribution in [0, 0.1) is 0 Å². The molecule has 2 aliphatic heterocycles. The zero-order chi connectivity index (χ0) is 19.2. The van der Waals surface area contributed by atoms with Gasteiger partial charge in [0.1, 0.15) is 6.54 Å². The van der Waals surface area contributed by atoms with Crippen molar-refractivity contribution in [2.75, 3.05) is 19.6 Å². The molecule has 1 fully saturated rings. The molecule has 0 spiro atoms. The fourth-order valence-corrected chi connectivity index (χ4v) is 3.81. The van der Waals surface area contributed by atoms with Gasteiger partial charge in [0.2, 0.25) is 5.91 Å². The van der Waals surface area contributed by atoms with Gasteiger partial charge >= 0.3 is 6.18 Å². The van der Waals surface area contributed by atoms with Gasteiger partial charge in [0.25, 0.3) is 5.91 Å². The number of carbonyl (C=O) groups excluding carboxylic acids is 2. The Hall–Kier alpha value is -2.83. The van der Waals surface area contributed by atoms with Gasteiger partial charge in [-0.05, 0) is 41.8 Å². The predicted molar refractivity (Wildman–Crippen MR) is 91.9 cm³/mol. The van der Waals surface area contributed by atoms with E-state index in [4.69, 9.17) is 0 Å². The molecule has 2 aromatic rings. The maximum atomic E-state index is 12.8. The summed E-state index contributed by atoms with van der Waals surface area (Å²) in [4.78, 5) is 28.5. The molecule has 0 radical (unpaired) electrons. The Balaban J connectivity index is 1.58. The van der Waals surface area contributed by atoms with Crippen LogP contribution >= 0.6 is 0 Å². The molecule has 1 unspecified atom stereocenters. The van der Waals surface area contributed by atoms with Gasteiger partial charge in [-0.25, -0.2) is 0 Å². The Bertz CT molecular complexity index is 893. The number of alkyl halides is 3. The summed E-state index contributed by atoms with van der Waals surface area (Å²) >= 11 is 0. The average Bonchev–Trinajstić information content (AvgIpc) is 2.66. The second-order valence-electron chi connectivity index (χ2n) is 6.81. The summed E-state index contributed by atoms with van der Waals surface area (Å²) in [5.41, 5.74) is 1.53. The minimum absolute atomic E-state index is 0.0570. The van der Waals surface area contributed by atoms with Crippen molar-refractivity contribution in [3.63, 3.8) is 0 Å². The lowest BCUT2D eigenvalue weighted by Gasteiger charge is -2.44. The number of amides is 2. The van der Waals surface area contributed by atoms with Gasteiger partial charge in [-0.1, -0.05) is 24.3 Å². The minimum atomic E-state index is -4.45. The number of halogens is 3. The third-order valence-corrected chi connectivity index (χ3v) is 5.20. The second kappa shape index (κ2) is 6.40. The number of nitrogens with zero attached hydrogens (tertiary/aromatic N) is 2. The first-order valence-corrected chi connectivity index (χ1v) is 8.68. The van der Waals surface area contributed by atoms with Gasteiger partial charge in [0.05, 0.1) is 11.6 Å².